The van der Waals surface area contributed by atoms with Crippen LogP contribution in [0.15, 0.2) is 18.5 Å². The number of halogens is 2. The number of alkyl halides is 1. The third-order valence-corrected chi connectivity index (χ3v) is 4.40. The van der Waals surface area contributed by atoms with Gasteiger partial charge in [-0.1, -0.05) is 41.4 Å². The van der Waals surface area contributed by atoms with Crippen molar-refractivity contribution in [2.24, 2.45) is 5.41 Å². The highest BCUT2D eigenvalue weighted by Crippen LogP contribution is 2.30. The molecule has 0 spiro atoms. The summed E-state index contributed by atoms with van der Waals surface area (Å²) < 4.78 is 5.75. The standard InChI is InChI=1S/C12H17BrClNO/c1-3-12(4-2,8-13)9-16-11-5-10(14)6-15-7-11/h5-7H,3-4,8-9H2,1-2H3. The van der Waals surface area contributed by atoms with Crippen LogP contribution in [0.5, 0.6) is 5.75 Å². The van der Waals surface area contributed by atoms with E-state index in [1.807, 2.05) is 0 Å². The van der Waals surface area contributed by atoms with Gasteiger partial charge in [-0.25, -0.2) is 0 Å². The van der Waals surface area contributed by atoms with Crippen molar-refractivity contribution < 1.29 is 4.74 Å². The minimum Gasteiger partial charge on any atom is -0.491 e. The van der Waals surface area contributed by atoms with Gasteiger partial charge in [-0.15, -0.1) is 0 Å². The summed E-state index contributed by atoms with van der Waals surface area (Å²) in [5.74, 6) is 0.736. The van der Waals surface area contributed by atoms with E-state index in [0.717, 1.165) is 23.9 Å². The molecule has 2 nitrogen and oxygen atoms in total. The number of hydrogen-bond acceptors (Lipinski definition) is 2. The Balaban J connectivity index is 2.62. The van der Waals surface area contributed by atoms with E-state index in [9.17, 15) is 0 Å². The molecule has 0 saturated heterocycles. The molecule has 0 atom stereocenters. The van der Waals surface area contributed by atoms with Crippen LogP contribution in [0, 0.1) is 5.41 Å². The first-order valence-corrected chi connectivity index (χ1v) is 6.95. The summed E-state index contributed by atoms with van der Waals surface area (Å²) in [5, 5.41) is 1.55. The number of rotatable bonds is 6. The summed E-state index contributed by atoms with van der Waals surface area (Å²) in [6.45, 7) is 5.06. The van der Waals surface area contributed by atoms with Gasteiger partial charge in [0, 0.05) is 23.0 Å². The third-order valence-electron chi connectivity index (χ3n) is 3.01. The van der Waals surface area contributed by atoms with Crippen molar-refractivity contribution in [1.29, 1.82) is 0 Å². The summed E-state index contributed by atoms with van der Waals surface area (Å²) >= 11 is 9.40. The number of ether oxygens (including phenoxy) is 1. The van der Waals surface area contributed by atoms with E-state index in [0.29, 0.717) is 11.6 Å². The van der Waals surface area contributed by atoms with Crippen molar-refractivity contribution in [3.8, 4) is 5.75 Å². The molecule has 90 valence electrons. The van der Waals surface area contributed by atoms with Crippen molar-refractivity contribution in [2.75, 3.05) is 11.9 Å². The summed E-state index contributed by atoms with van der Waals surface area (Å²) in [7, 11) is 0. The van der Waals surface area contributed by atoms with Gasteiger partial charge in [-0.2, -0.15) is 0 Å². The number of nitrogens with zero attached hydrogens (tertiary/aromatic N) is 1. The SMILES string of the molecule is CCC(CC)(CBr)COc1cncc(Cl)c1. The zero-order valence-corrected chi connectivity index (χ0v) is 12.0. The molecule has 16 heavy (non-hydrogen) atoms. The summed E-state index contributed by atoms with van der Waals surface area (Å²) in [6, 6.07) is 1.79. The first kappa shape index (κ1) is 13.8. The van der Waals surface area contributed by atoms with Crippen LogP contribution in [0.2, 0.25) is 5.02 Å². The van der Waals surface area contributed by atoms with Gasteiger partial charge in [-0.05, 0) is 12.8 Å². The molecule has 1 aromatic heterocycles. The fourth-order valence-electron chi connectivity index (χ4n) is 1.39. The molecule has 0 radical (unpaired) electrons. The van der Waals surface area contributed by atoms with Crippen LogP contribution in [0.25, 0.3) is 0 Å². The summed E-state index contributed by atoms with van der Waals surface area (Å²) in [6.07, 6.45) is 5.47. The van der Waals surface area contributed by atoms with E-state index in [-0.39, 0.29) is 5.41 Å². The Bertz CT molecular complexity index is 320. The Labute approximate surface area is 110 Å². The number of hydrogen-bond donors (Lipinski definition) is 0. The van der Waals surface area contributed by atoms with Gasteiger partial charge in [0.25, 0.3) is 0 Å². The average Bonchev–Trinajstić information content (AvgIpc) is 2.32. The molecule has 4 heteroatoms. The highest BCUT2D eigenvalue weighted by molar-refractivity contribution is 9.09. The predicted octanol–water partition coefficient (Wildman–Crippen LogP) is 4.32. The van der Waals surface area contributed by atoms with Crippen LogP contribution in [0.1, 0.15) is 26.7 Å². The molecule has 0 aliphatic heterocycles. The first-order valence-electron chi connectivity index (χ1n) is 5.45. The molecule has 0 aromatic carbocycles. The second kappa shape index (κ2) is 6.45. The molecule has 0 saturated carbocycles. The van der Waals surface area contributed by atoms with Crippen LogP contribution in [0.3, 0.4) is 0 Å². The third kappa shape index (κ3) is 3.63. The van der Waals surface area contributed by atoms with Gasteiger partial charge in [0.1, 0.15) is 5.75 Å². The molecule has 0 aliphatic rings. The maximum absolute atomic E-state index is 5.84. The minimum atomic E-state index is 0.197. The number of aromatic nitrogens is 1. The number of pyridine rings is 1. The fourth-order valence-corrected chi connectivity index (χ4v) is 2.51. The quantitative estimate of drug-likeness (QED) is 0.730. The van der Waals surface area contributed by atoms with E-state index in [4.69, 9.17) is 16.3 Å². The molecular weight excluding hydrogens is 289 g/mol. The van der Waals surface area contributed by atoms with E-state index in [1.54, 1.807) is 18.5 Å². The maximum atomic E-state index is 5.84. The second-order valence-corrected chi connectivity index (χ2v) is 4.97. The van der Waals surface area contributed by atoms with Crippen LogP contribution >= 0.6 is 27.5 Å². The lowest BCUT2D eigenvalue weighted by molar-refractivity contribution is 0.157. The lowest BCUT2D eigenvalue weighted by Gasteiger charge is -2.29. The van der Waals surface area contributed by atoms with Crippen molar-refractivity contribution in [3.63, 3.8) is 0 Å². The van der Waals surface area contributed by atoms with Gasteiger partial charge < -0.3 is 4.74 Å². The lowest BCUT2D eigenvalue weighted by Crippen LogP contribution is -2.29. The van der Waals surface area contributed by atoms with Gasteiger partial charge in [0.15, 0.2) is 0 Å². The first-order chi connectivity index (χ1) is 7.65. The lowest BCUT2D eigenvalue weighted by atomic mass is 9.86. The molecule has 0 unspecified atom stereocenters. The monoisotopic (exact) mass is 305 g/mol. The van der Waals surface area contributed by atoms with E-state index in [2.05, 4.69) is 34.8 Å². The molecule has 1 aromatic rings. The van der Waals surface area contributed by atoms with Crippen LogP contribution in [-0.4, -0.2) is 16.9 Å². The summed E-state index contributed by atoms with van der Waals surface area (Å²) in [4.78, 5) is 3.99. The van der Waals surface area contributed by atoms with Crippen molar-refractivity contribution >= 4 is 27.5 Å². The molecule has 0 bridgehead atoms. The zero-order valence-electron chi connectivity index (χ0n) is 9.67. The van der Waals surface area contributed by atoms with Crippen LogP contribution in [0.4, 0.5) is 0 Å². The Morgan fingerprint density at radius 2 is 2.06 bits per heavy atom. The highest BCUT2D eigenvalue weighted by Gasteiger charge is 2.25. The molecule has 1 rings (SSSR count). The smallest absolute Gasteiger partial charge is 0.139 e. The maximum Gasteiger partial charge on any atom is 0.139 e. The van der Waals surface area contributed by atoms with Crippen LogP contribution < -0.4 is 4.74 Å². The van der Waals surface area contributed by atoms with Crippen molar-refractivity contribution in [3.05, 3.63) is 23.5 Å². The zero-order chi connectivity index (χ0) is 12.0. The van der Waals surface area contributed by atoms with Gasteiger partial charge in [0.05, 0.1) is 17.8 Å². The molecule has 0 amide bonds. The van der Waals surface area contributed by atoms with E-state index >= 15 is 0 Å². The Hall–Kier alpha value is -0.280. The van der Waals surface area contributed by atoms with Gasteiger partial charge >= 0.3 is 0 Å². The molecule has 0 N–H and O–H groups in total. The molecule has 1 heterocycles. The van der Waals surface area contributed by atoms with Gasteiger partial charge in [-0.3, -0.25) is 4.98 Å². The predicted molar refractivity (Wildman–Crippen MR) is 71.6 cm³/mol. The topological polar surface area (TPSA) is 22.1 Å². The minimum absolute atomic E-state index is 0.197. The molecule has 0 aliphatic carbocycles. The Kier molecular flexibility index (Phi) is 5.56. The van der Waals surface area contributed by atoms with Crippen molar-refractivity contribution in [1.82, 2.24) is 4.98 Å². The average molecular weight is 307 g/mol. The highest BCUT2D eigenvalue weighted by atomic mass is 79.9. The molecular formula is C12H17BrClNO. The van der Waals surface area contributed by atoms with Crippen LogP contribution in [-0.2, 0) is 0 Å². The fraction of sp³-hybridized carbons (Fsp3) is 0.583. The molecule has 0 fully saturated rings. The largest absolute Gasteiger partial charge is 0.491 e. The van der Waals surface area contributed by atoms with E-state index < -0.39 is 0 Å². The summed E-state index contributed by atoms with van der Waals surface area (Å²) in [5.41, 5.74) is 0.197. The van der Waals surface area contributed by atoms with E-state index in [1.165, 1.54) is 0 Å². The van der Waals surface area contributed by atoms with Crippen molar-refractivity contribution in [2.45, 2.75) is 26.7 Å². The Morgan fingerprint density at radius 3 is 2.56 bits per heavy atom. The second-order valence-electron chi connectivity index (χ2n) is 3.97. The van der Waals surface area contributed by atoms with Gasteiger partial charge in [0.2, 0.25) is 0 Å². The normalized spacial score (nSPS) is 11.5. The Morgan fingerprint density at radius 1 is 1.38 bits per heavy atom.